The molecule has 2 aromatic heterocycles. The van der Waals surface area contributed by atoms with E-state index in [1.54, 1.807) is 0 Å². The van der Waals surface area contributed by atoms with Gasteiger partial charge in [0.25, 0.3) is 0 Å². The first-order valence-electron chi connectivity index (χ1n) is 6.93. The first-order valence-corrected chi connectivity index (χ1v) is 6.93. The molecule has 0 N–H and O–H groups in total. The van der Waals surface area contributed by atoms with Crippen molar-refractivity contribution in [3.63, 3.8) is 0 Å². The maximum Gasteiger partial charge on any atom is 1.00 e. The van der Waals surface area contributed by atoms with Gasteiger partial charge in [-0.05, 0) is 0 Å². The summed E-state index contributed by atoms with van der Waals surface area (Å²) in [7, 11) is 0. The molecular formula is C14H18K2N4O6. The van der Waals surface area contributed by atoms with Crippen LogP contribution in [0.15, 0.2) is 9.05 Å². The van der Waals surface area contributed by atoms with Crippen molar-refractivity contribution in [2.24, 2.45) is 0 Å². The monoisotopic (exact) mass is 416 g/mol. The molecule has 0 aromatic carbocycles. The summed E-state index contributed by atoms with van der Waals surface area (Å²) < 4.78 is 9.42. The SMILES string of the molecule is CC(C)(C)c1nc(C(=O)[O-])no1.CC(C)(C)c1nc(C(=O)[O-])no1.[K+].[K+]. The minimum Gasteiger partial charge on any atom is -0.541 e. The number of hydrogen-bond acceptors (Lipinski definition) is 10. The number of aromatic carboxylic acids is 2. The smallest absolute Gasteiger partial charge is 0.541 e. The third-order valence-electron chi connectivity index (χ3n) is 2.50. The van der Waals surface area contributed by atoms with Crippen LogP contribution in [0, 0.1) is 0 Å². The quantitative estimate of drug-likeness (QED) is 0.431. The molecule has 10 nitrogen and oxygen atoms in total. The summed E-state index contributed by atoms with van der Waals surface area (Å²) in [6.07, 6.45) is 0. The van der Waals surface area contributed by atoms with E-state index in [0.29, 0.717) is 11.8 Å². The van der Waals surface area contributed by atoms with E-state index in [9.17, 15) is 19.8 Å². The van der Waals surface area contributed by atoms with Gasteiger partial charge in [-0.3, -0.25) is 0 Å². The Morgan fingerprint density at radius 3 is 1.12 bits per heavy atom. The van der Waals surface area contributed by atoms with E-state index in [1.807, 2.05) is 41.5 Å². The van der Waals surface area contributed by atoms with Gasteiger partial charge in [-0.15, -0.1) is 0 Å². The number of nitrogens with zero attached hydrogens (tertiary/aromatic N) is 4. The molecule has 0 unspecified atom stereocenters. The topological polar surface area (TPSA) is 158 Å². The third-order valence-corrected chi connectivity index (χ3v) is 2.50. The minimum atomic E-state index is -1.42. The molecule has 2 heterocycles. The number of carboxylic acid groups (broad SMARTS) is 2. The van der Waals surface area contributed by atoms with Crippen LogP contribution in [0.4, 0.5) is 0 Å². The summed E-state index contributed by atoms with van der Waals surface area (Å²) in [6, 6.07) is 0. The number of hydrogen-bond donors (Lipinski definition) is 0. The first kappa shape index (κ1) is 28.7. The van der Waals surface area contributed by atoms with Gasteiger partial charge < -0.3 is 28.8 Å². The maximum absolute atomic E-state index is 10.2. The van der Waals surface area contributed by atoms with Crippen LogP contribution in [0.3, 0.4) is 0 Å². The molecule has 0 aliphatic rings. The molecule has 0 aliphatic heterocycles. The van der Waals surface area contributed by atoms with Crippen molar-refractivity contribution in [3.05, 3.63) is 23.4 Å². The summed E-state index contributed by atoms with van der Waals surface area (Å²) in [4.78, 5) is 27.8. The van der Waals surface area contributed by atoms with Gasteiger partial charge in [-0.2, -0.15) is 9.97 Å². The second kappa shape index (κ2) is 11.5. The standard InChI is InChI=1S/2C7H10N2O3.2K/c2*1-7(2,3)6-8-4(5(10)11)9-12-6;;/h2*1-3H3,(H,10,11);;/q;;2*+1/p-2. The van der Waals surface area contributed by atoms with Gasteiger partial charge in [0.1, 0.15) is 11.9 Å². The second-order valence-electron chi connectivity index (χ2n) is 6.92. The van der Waals surface area contributed by atoms with Gasteiger partial charge in [0.2, 0.25) is 23.4 Å². The zero-order valence-electron chi connectivity index (χ0n) is 16.2. The fourth-order valence-electron chi connectivity index (χ4n) is 1.22. The molecule has 0 amide bonds. The third kappa shape index (κ3) is 9.12. The van der Waals surface area contributed by atoms with Crippen molar-refractivity contribution >= 4 is 11.9 Å². The van der Waals surface area contributed by atoms with Gasteiger partial charge in [0.15, 0.2) is 0 Å². The molecule has 0 aliphatic carbocycles. The molecule has 132 valence electrons. The average molecular weight is 417 g/mol. The Kier molecular flexibility index (Phi) is 12.7. The summed E-state index contributed by atoms with van der Waals surface area (Å²) in [5.74, 6) is -3.06. The number of carboxylic acids is 2. The fourth-order valence-corrected chi connectivity index (χ4v) is 1.22. The van der Waals surface area contributed by atoms with E-state index in [1.165, 1.54) is 0 Å². The van der Waals surface area contributed by atoms with Gasteiger partial charge in [0, 0.05) is 10.8 Å². The van der Waals surface area contributed by atoms with Crippen molar-refractivity contribution in [2.75, 3.05) is 0 Å². The minimum absolute atomic E-state index is 0. The van der Waals surface area contributed by atoms with Crippen molar-refractivity contribution in [3.8, 4) is 0 Å². The Labute approximate surface area is 235 Å². The van der Waals surface area contributed by atoms with Crippen molar-refractivity contribution in [1.29, 1.82) is 0 Å². The van der Waals surface area contributed by atoms with Gasteiger partial charge >= 0.3 is 103 Å². The Morgan fingerprint density at radius 2 is 1.00 bits per heavy atom. The Balaban J connectivity index is 0. The van der Waals surface area contributed by atoms with Gasteiger partial charge in [0.05, 0.1) is 0 Å². The average Bonchev–Trinajstić information content (AvgIpc) is 3.08. The number of rotatable bonds is 2. The van der Waals surface area contributed by atoms with Crippen molar-refractivity contribution < 1.29 is 132 Å². The van der Waals surface area contributed by atoms with E-state index in [0.717, 1.165) is 0 Å². The normalized spacial score (nSPS) is 10.7. The number of aromatic nitrogens is 4. The van der Waals surface area contributed by atoms with Crippen LogP contribution in [-0.4, -0.2) is 32.2 Å². The zero-order valence-corrected chi connectivity index (χ0v) is 22.5. The zero-order chi connectivity index (χ0) is 18.7. The Hall–Kier alpha value is 0.493. The van der Waals surface area contributed by atoms with E-state index in [4.69, 9.17) is 9.05 Å². The summed E-state index contributed by atoms with van der Waals surface area (Å²) in [5, 5.41) is 27.0. The largest absolute Gasteiger partial charge is 1.00 e. The van der Waals surface area contributed by atoms with Gasteiger partial charge in [-0.25, -0.2) is 0 Å². The van der Waals surface area contributed by atoms with Crippen LogP contribution in [-0.2, 0) is 10.8 Å². The van der Waals surface area contributed by atoms with Crippen molar-refractivity contribution in [1.82, 2.24) is 20.3 Å². The van der Waals surface area contributed by atoms with Crippen LogP contribution < -0.4 is 113 Å². The van der Waals surface area contributed by atoms with E-state index in [2.05, 4.69) is 20.3 Å². The molecule has 0 bridgehead atoms. The molecule has 0 saturated carbocycles. The Morgan fingerprint density at radius 1 is 0.731 bits per heavy atom. The molecule has 0 fully saturated rings. The molecule has 0 spiro atoms. The van der Waals surface area contributed by atoms with Crippen LogP contribution in [0.2, 0.25) is 0 Å². The number of carbonyl (C=O) groups excluding carboxylic acids is 2. The molecule has 0 radical (unpaired) electrons. The first-order chi connectivity index (χ1) is 10.8. The summed E-state index contributed by atoms with van der Waals surface area (Å²) >= 11 is 0. The Bertz CT molecular complexity index is 668. The molecule has 2 rings (SSSR count). The molecule has 2 aromatic rings. The molecule has 0 saturated heterocycles. The van der Waals surface area contributed by atoms with E-state index >= 15 is 0 Å². The van der Waals surface area contributed by atoms with Crippen molar-refractivity contribution in [2.45, 2.75) is 52.4 Å². The van der Waals surface area contributed by atoms with E-state index < -0.39 is 23.6 Å². The molecule has 0 atom stereocenters. The molecule has 12 heteroatoms. The summed E-state index contributed by atoms with van der Waals surface area (Å²) in [5.41, 5.74) is -0.665. The maximum atomic E-state index is 10.2. The number of carbonyl (C=O) groups is 2. The van der Waals surface area contributed by atoms with Crippen LogP contribution in [0.5, 0.6) is 0 Å². The molecular weight excluding hydrogens is 398 g/mol. The summed E-state index contributed by atoms with van der Waals surface area (Å²) in [6.45, 7) is 11.1. The predicted octanol–water partition coefficient (Wildman–Crippen LogP) is -6.53. The second-order valence-corrected chi connectivity index (χ2v) is 6.92. The van der Waals surface area contributed by atoms with Crippen LogP contribution >= 0.6 is 0 Å². The van der Waals surface area contributed by atoms with E-state index in [-0.39, 0.29) is 114 Å². The van der Waals surface area contributed by atoms with Crippen LogP contribution in [0.25, 0.3) is 0 Å². The molecule has 26 heavy (non-hydrogen) atoms. The predicted molar refractivity (Wildman–Crippen MR) is 74.7 cm³/mol. The van der Waals surface area contributed by atoms with Crippen LogP contribution in [0.1, 0.15) is 74.6 Å². The fraction of sp³-hybridized carbons (Fsp3) is 0.571. The van der Waals surface area contributed by atoms with Gasteiger partial charge in [-0.1, -0.05) is 51.9 Å².